The van der Waals surface area contributed by atoms with E-state index in [2.05, 4.69) is 4.90 Å². The third-order valence-electron chi connectivity index (χ3n) is 2.76. The van der Waals surface area contributed by atoms with E-state index in [1.54, 1.807) is 14.2 Å². The van der Waals surface area contributed by atoms with E-state index in [1.807, 2.05) is 26.1 Å². The lowest BCUT2D eigenvalue weighted by atomic mass is 10.1. The van der Waals surface area contributed by atoms with Gasteiger partial charge in [-0.2, -0.15) is 0 Å². The average molecular weight is 239 g/mol. The van der Waals surface area contributed by atoms with Gasteiger partial charge in [0.1, 0.15) is 0 Å². The number of aryl methyl sites for hydroxylation is 1. The van der Waals surface area contributed by atoms with Crippen molar-refractivity contribution in [3.05, 3.63) is 23.3 Å². The predicted octanol–water partition coefficient (Wildman–Crippen LogP) is 1.44. The third kappa shape index (κ3) is 3.61. The Bertz CT molecular complexity index is 366. The highest BCUT2D eigenvalue weighted by molar-refractivity contribution is 5.46. The van der Waals surface area contributed by atoms with Crippen molar-refractivity contribution in [2.45, 2.75) is 13.5 Å². The zero-order valence-electron chi connectivity index (χ0n) is 11.0. The van der Waals surface area contributed by atoms with Crippen LogP contribution in [-0.4, -0.2) is 44.4 Å². The van der Waals surface area contributed by atoms with Gasteiger partial charge in [-0.3, -0.25) is 4.90 Å². The number of hydrogen-bond acceptors (Lipinski definition) is 4. The molecule has 0 atom stereocenters. The standard InChI is InChI=1S/C13H21NO3/c1-10-7-12(16-3)13(17-4)8-11(10)9-14(2)5-6-15/h7-8,15H,5-6,9H2,1-4H3. The normalized spacial score (nSPS) is 10.7. The molecule has 4 heteroatoms. The van der Waals surface area contributed by atoms with E-state index in [9.17, 15) is 0 Å². The molecule has 0 aliphatic heterocycles. The fourth-order valence-corrected chi connectivity index (χ4v) is 1.73. The van der Waals surface area contributed by atoms with Crippen LogP contribution in [0.4, 0.5) is 0 Å². The van der Waals surface area contributed by atoms with Crippen LogP contribution >= 0.6 is 0 Å². The van der Waals surface area contributed by atoms with Gasteiger partial charge in [0.25, 0.3) is 0 Å². The van der Waals surface area contributed by atoms with Crippen LogP contribution in [0, 0.1) is 6.92 Å². The Morgan fingerprint density at radius 2 is 1.76 bits per heavy atom. The summed E-state index contributed by atoms with van der Waals surface area (Å²) in [5.74, 6) is 1.49. The van der Waals surface area contributed by atoms with Crippen molar-refractivity contribution in [2.24, 2.45) is 0 Å². The molecule has 0 aliphatic rings. The maximum absolute atomic E-state index is 8.88. The topological polar surface area (TPSA) is 41.9 Å². The number of hydrogen-bond donors (Lipinski definition) is 1. The molecule has 0 unspecified atom stereocenters. The quantitative estimate of drug-likeness (QED) is 0.815. The first-order valence-corrected chi connectivity index (χ1v) is 5.63. The minimum atomic E-state index is 0.169. The number of likely N-dealkylation sites (N-methyl/N-ethyl adjacent to an activating group) is 1. The summed E-state index contributed by atoms with van der Waals surface area (Å²) in [7, 11) is 5.25. The predicted molar refractivity (Wildman–Crippen MR) is 67.7 cm³/mol. The van der Waals surface area contributed by atoms with Crippen LogP contribution in [0.1, 0.15) is 11.1 Å². The number of aliphatic hydroxyl groups excluding tert-OH is 1. The lowest BCUT2D eigenvalue weighted by Crippen LogP contribution is -2.22. The first-order chi connectivity index (χ1) is 8.12. The summed E-state index contributed by atoms with van der Waals surface area (Å²) >= 11 is 0. The van der Waals surface area contributed by atoms with Crippen molar-refractivity contribution < 1.29 is 14.6 Å². The molecular formula is C13H21NO3. The number of nitrogens with zero attached hydrogens (tertiary/aromatic N) is 1. The Morgan fingerprint density at radius 1 is 1.18 bits per heavy atom. The van der Waals surface area contributed by atoms with Crippen LogP contribution in [0.25, 0.3) is 0 Å². The summed E-state index contributed by atoms with van der Waals surface area (Å²) in [5, 5.41) is 8.88. The Balaban J connectivity index is 2.92. The van der Waals surface area contributed by atoms with Gasteiger partial charge in [-0.1, -0.05) is 0 Å². The smallest absolute Gasteiger partial charge is 0.161 e. The van der Waals surface area contributed by atoms with E-state index in [4.69, 9.17) is 14.6 Å². The number of methoxy groups -OCH3 is 2. The Kier molecular flexibility index (Phi) is 5.25. The number of ether oxygens (including phenoxy) is 2. The van der Waals surface area contributed by atoms with Gasteiger partial charge in [-0.25, -0.2) is 0 Å². The number of benzene rings is 1. The summed E-state index contributed by atoms with van der Waals surface area (Å²) in [5.41, 5.74) is 2.34. The Labute approximate surface area is 103 Å². The van der Waals surface area contributed by atoms with Gasteiger partial charge in [-0.15, -0.1) is 0 Å². The van der Waals surface area contributed by atoms with Crippen molar-refractivity contribution in [3.63, 3.8) is 0 Å². The molecule has 17 heavy (non-hydrogen) atoms. The van der Waals surface area contributed by atoms with Gasteiger partial charge in [0.2, 0.25) is 0 Å². The third-order valence-corrected chi connectivity index (χ3v) is 2.76. The average Bonchev–Trinajstić information content (AvgIpc) is 2.31. The largest absolute Gasteiger partial charge is 0.493 e. The summed E-state index contributed by atoms with van der Waals surface area (Å²) in [6.07, 6.45) is 0. The summed E-state index contributed by atoms with van der Waals surface area (Å²) in [4.78, 5) is 2.06. The van der Waals surface area contributed by atoms with E-state index in [0.29, 0.717) is 6.54 Å². The Morgan fingerprint density at radius 3 is 2.29 bits per heavy atom. The highest BCUT2D eigenvalue weighted by Crippen LogP contribution is 2.30. The molecular weight excluding hydrogens is 218 g/mol. The minimum Gasteiger partial charge on any atom is -0.493 e. The highest BCUT2D eigenvalue weighted by atomic mass is 16.5. The molecule has 0 radical (unpaired) electrons. The van der Waals surface area contributed by atoms with Gasteiger partial charge in [-0.05, 0) is 37.2 Å². The zero-order chi connectivity index (χ0) is 12.8. The van der Waals surface area contributed by atoms with Gasteiger partial charge in [0.05, 0.1) is 20.8 Å². The SMILES string of the molecule is COc1cc(C)c(CN(C)CCO)cc1OC. The second-order valence-electron chi connectivity index (χ2n) is 4.10. The molecule has 0 amide bonds. The van der Waals surface area contributed by atoms with Crippen molar-refractivity contribution in [3.8, 4) is 11.5 Å². The molecule has 0 fully saturated rings. The van der Waals surface area contributed by atoms with Crippen LogP contribution in [0.2, 0.25) is 0 Å². The molecule has 4 nitrogen and oxygen atoms in total. The van der Waals surface area contributed by atoms with Crippen LogP contribution in [0.15, 0.2) is 12.1 Å². The Hall–Kier alpha value is -1.26. The van der Waals surface area contributed by atoms with E-state index < -0.39 is 0 Å². The van der Waals surface area contributed by atoms with Crippen LogP contribution in [-0.2, 0) is 6.54 Å². The number of aliphatic hydroxyl groups is 1. The molecule has 1 aromatic carbocycles. The van der Waals surface area contributed by atoms with Crippen LogP contribution < -0.4 is 9.47 Å². The molecule has 0 heterocycles. The summed E-state index contributed by atoms with van der Waals surface area (Å²) < 4.78 is 10.5. The van der Waals surface area contributed by atoms with Gasteiger partial charge >= 0.3 is 0 Å². The molecule has 0 aromatic heterocycles. The molecule has 1 N–H and O–H groups in total. The van der Waals surface area contributed by atoms with E-state index in [1.165, 1.54) is 5.56 Å². The molecule has 0 spiro atoms. The van der Waals surface area contributed by atoms with E-state index in [-0.39, 0.29) is 6.61 Å². The second-order valence-corrected chi connectivity index (χ2v) is 4.10. The van der Waals surface area contributed by atoms with Gasteiger partial charge in [0.15, 0.2) is 11.5 Å². The molecule has 1 aromatic rings. The molecule has 1 rings (SSSR count). The number of rotatable bonds is 6. The van der Waals surface area contributed by atoms with E-state index >= 15 is 0 Å². The fourth-order valence-electron chi connectivity index (χ4n) is 1.73. The molecule has 0 bridgehead atoms. The van der Waals surface area contributed by atoms with E-state index in [0.717, 1.165) is 23.6 Å². The van der Waals surface area contributed by atoms with Gasteiger partial charge in [0, 0.05) is 13.1 Å². The summed E-state index contributed by atoms with van der Waals surface area (Å²) in [6.45, 7) is 3.66. The van der Waals surface area contributed by atoms with Crippen LogP contribution in [0.5, 0.6) is 11.5 Å². The zero-order valence-corrected chi connectivity index (χ0v) is 11.0. The lowest BCUT2D eigenvalue weighted by molar-refractivity contribution is 0.217. The molecule has 96 valence electrons. The second kappa shape index (κ2) is 6.47. The van der Waals surface area contributed by atoms with Gasteiger partial charge < -0.3 is 14.6 Å². The summed E-state index contributed by atoms with van der Waals surface area (Å²) in [6, 6.07) is 3.96. The first kappa shape index (κ1) is 13.8. The van der Waals surface area contributed by atoms with Crippen molar-refractivity contribution in [1.82, 2.24) is 4.90 Å². The molecule has 0 aliphatic carbocycles. The van der Waals surface area contributed by atoms with Crippen LogP contribution in [0.3, 0.4) is 0 Å². The highest BCUT2D eigenvalue weighted by Gasteiger charge is 2.09. The first-order valence-electron chi connectivity index (χ1n) is 5.63. The van der Waals surface area contributed by atoms with Crippen molar-refractivity contribution in [1.29, 1.82) is 0 Å². The lowest BCUT2D eigenvalue weighted by Gasteiger charge is -2.18. The molecule has 0 saturated heterocycles. The minimum absolute atomic E-state index is 0.169. The van der Waals surface area contributed by atoms with Crippen molar-refractivity contribution in [2.75, 3.05) is 34.4 Å². The monoisotopic (exact) mass is 239 g/mol. The maximum atomic E-state index is 8.88. The fraction of sp³-hybridized carbons (Fsp3) is 0.538. The maximum Gasteiger partial charge on any atom is 0.161 e. The molecule has 0 saturated carbocycles. The van der Waals surface area contributed by atoms with Crippen molar-refractivity contribution >= 4 is 0 Å².